The van der Waals surface area contributed by atoms with E-state index >= 15 is 0 Å². The van der Waals surface area contributed by atoms with Gasteiger partial charge in [0.15, 0.2) is 0 Å². The molecule has 1 aliphatic heterocycles. The van der Waals surface area contributed by atoms with Gasteiger partial charge < -0.3 is 9.64 Å². The fourth-order valence-corrected chi connectivity index (χ4v) is 2.72. The third kappa shape index (κ3) is 3.45. The van der Waals surface area contributed by atoms with Gasteiger partial charge in [0.25, 0.3) is 5.91 Å². The molecule has 0 N–H and O–H groups in total. The summed E-state index contributed by atoms with van der Waals surface area (Å²) in [5, 5.41) is 0.442. The molecule has 0 saturated carbocycles. The van der Waals surface area contributed by atoms with Gasteiger partial charge in [0, 0.05) is 37.0 Å². The molecule has 4 nitrogen and oxygen atoms in total. The molecule has 1 atom stereocenters. The highest BCUT2D eigenvalue weighted by atomic mass is 35.5. The Bertz CT molecular complexity index is 738. The molecule has 0 bridgehead atoms. The number of likely N-dealkylation sites (tertiary alicyclic amines) is 1. The Morgan fingerprint density at radius 1 is 1.43 bits per heavy atom. The summed E-state index contributed by atoms with van der Waals surface area (Å²) in [6.45, 7) is 2.69. The van der Waals surface area contributed by atoms with Gasteiger partial charge in [-0.15, -0.1) is 0 Å². The normalized spacial score (nSPS) is 17.3. The van der Waals surface area contributed by atoms with Gasteiger partial charge in [0.05, 0.1) is 6.54 Å². The van der Waals surface area contributed by atoms with Crippen molar-refractivity contribution in [3.05, 3.63) is 58.6 Å². The van der Waals surface area contributed by atoms with Crippen LogP contribution in [0.1, 0.15) is 22.3 Å². The second-order valence-corrected chi connectivity index (χ2v) is 5.96. The quantitative estimate of drug-likeness (QED) is 0.863. The van der Waals surface area contributed by atoms with Crippen molar-refractivity contribution in [2.45, 2.75) is 19.4 Å². The van der Waals surface area contributed by atoms with Gasteiger partial charge in [0.2, 0.25) is 0 Å². The lowest BCUT2D eigenvalue weighted by atomic mass is 10.1. The van der Waals surface area contributed by atoms with E-state index in [1.54, 1.807) is 36.2 Å². The molecule has 1 aliphatic rings. The third-order valence-corrected chi connectivity index (χ3v) is 4.16. The Kier molecular flexibility index (Phi) is 4.48. The molecule has 1 fully saturated rings. The number of carbonyl (C=O) groups is 1. The SMILES string of the molecule is Cc1ccc(C(=O)N2CC[C@@H](Oc3ccncc3Cl)C2)cc1F. The van der Waals surface area contributed by atoms with Gasteiger partial charge in [-0.3, -0.25) is 9.78 Å². The van der Waals surface area contributed by atoms with Crippen molar-refractivity contribution < 1.29 is 13.9 Å². The van der Waals surface area contributed by atoms with Crippen LogP contribution in [0.25, 0.3) is 0 Å². The lowest BCUT2D eigenvalue weighted by Crippen LogP contribution is -2.31. The first-order chi connectivity index (χ1) is 11.0. The molecule has 0 unspecified atom stereocenters. The Morgan fingerprint density at radius 3 is 3.00 bits per heavy atom. The minimum Gasteiger partial charge on any atom is -0.487 e. The fourth-order valence-electron chi connectivity index (χ4n) is 2.55. The van der Waals surface area contributed by atoms with Crippen LogP contribution in [-0.2, 0) is 0 Å². The molecule has 1 amide bonds. The van der Waals surface area contributed by atoms with Crippen LogP contribution < -0.4 is 4.74 Å². The first kappa shape index (κ1) is 15.7. The highest BCUT2D eigenvalue weighted by Crippen LogP contribution is 2.26. The molecular formula is C17H16ClFN2O2. The Hall–Kier alpha value is -2.14. The number of rotatable bonds is 3. The predicted octanol–water partition coefficient (Wildman–Crippen LogP) is 3.48. The predicted molar refractivity (Wildman–Crippen MR) is 85.3 cm³/mol. The number of hydrogen-bond donors (Lipinski definition) is 0. The zero-order valence-corrected chi connectivity index (χ0v) is 13.4. The second-order valence-electron chi connectivity index (χ2n) is 5.55. The van der Waals surface area contributed by atoms with E-state index in [0.29, 0.717) is 41.4 Å². The lowest BCUT2D eigenvalue weighted by Gasteiger charge is -2.18. The number of amides is 1. The second kappa shape index (κ2) is 6.54. The number of hydrogen-bond acceptors (Lipinski definition) is 3. The molecule has 0 radical (unpaired) electrons. The highest BCUT2D eigenvalue weighted by molar-refractivity contribution is 6.31. The van der Waals surface area contributed by atoms with Crippen molar-refractivity contribution in [3.63, 3.8) is 0 Å². The van der Waals surface area contributed by atoms with Crippen molar-refractivity contribution in [1.82, 2.24) is 9.88 Å². The monoisotopic (exact) mass is 334 g/mol. The summed E-state index contributed by atoms with van der Waals surface area (Å²) >= 11 is 6.02. The molecule has 0 spiro atoms. The zero-order valence-electron chi connectivity index (χ0n) is 12.6. The van der Waals surface area contributed by atoms with Gasteiger partial charge in [-0.05, 0) is 24.6 Å². The number of nitrogens with zero attached hydrogens (tertiary/aromatic N) is 2. The Morgan fingerprint density at radius 2 is 2.26 bits per heavy atom. The number of ether oxygens (including phenoxy) is 1. The van der Waals surface area contributed by atoms with Crippen molar-refractivity contribution in [2.75, 3.05) is 13.1 Å². The first-order valence-electron chi connectivity index (χ1n) is 7.36. The molecule has 1 aromatic carbocycles. The van der Waals surface area contributed by atoms with Gasteiger partial charge in [-0.1, -0.05) is 17.7 Å². The number of carbonyl (C=O) groups excluding carboxylic acids is 1. The average molecular weight is 335 g/mol. The molecule has 1 saturated heterocycles. The van der Waals surface area contributed by atoms with E-state index in [1.165, 1.54) is 12.3 Å². The van der Waals surface area contributed by atoms with Crippen LogP contribution in [0, 0.1) is 12.7 Å². The van der Waals surface area contributed by atoms with Gasteiger partial charge in [-0.2, -0.15) is 0 Å². The van der Waals surface area contributed by atoms with Crippen LogP contribution in [-0.4, -0.2) is 35.0 Å². The van der Waals surface area contributed by atoms with Crippen molar-refractivity contribution in [2.24, 2.45) is 0 Å². The van der Waals surface area contributed by atoms with E-state index < -0.39 is 0 Å². The summed E-state index contributed by atoms with van der Waals surface area (Å²) < 4.78 is 19.4. The molecule has 0 aliphatic carbocycles. The minimum atomic E-state index is -0.369. The molecule has 3 rings (SSSR count). The van der Waals surface area contributed by atoms with E-state index in [4.69, 9.17) is 16.3 Å². The van der Waals surface area contributed by atoms with Crippen LogP contribution >= 0.6 is 11.6 Å². The molecular weight excluding hydrogens is 319 g/mol. The zero-order chi connectivity index (χ0) is 16.4. The van der Waals surface area contributed by atoms with Crippen LogP contribution in [0.5, 0.6) is 5.75 Å². The topological polar surface area (TPSA) is 42.4 Å². The number of halogens is 2. The van der Waals surface area contributed by atoms with Gasteiger partial charge in [-0.25, -0.2) is 4.39 Å². The minimum absolute atomic E-state index is 0.130. The summed E-state index contributed by atoms with van der Waals surface area (Å²) in [6.07, 6.45) is 3.70. The number of aromatic nitrogens is 1. The summed E-state index contributed by atoms with van der Waals surface area (Å²) in [6, 6.07) is 6.24. The molecule has 1 aromatic heterocycles. The van der Waals surface area contributed by atoms with Crippen LogP contribution in [0.2, 0.25) is 5.02 Å². The summed E-state index contributed by atoms with van der Waals surface area (Å²) in [5.41, 5.74) is 0.882. The lowest BCUT2D eigenvalue weighted by molar-refractivity contribution is 0.0772. The largest absolute Gasteiger partial charge is 0.487 e. The van der Waals surface area contributed by atoms with Crippen LogP contribution in [0.4, 0.5) is 4.39 Å². The maximum absolute atomic E-state index is 13.6. The number of benzene rings is 1. The maximum Gasteiger partial charge on any atom is 0.254 e. The van der Waals surface area contributed by atoms with E-state index in [9.17, 15) is 9.18 Å². The van der Waals surface area contributed by atoms with Crippen LogP contribution in [0.15, 0.2) is 36.7 Å². The van der Waals surface area contributed by atoms with Crippen molar-refractivity contribution >= 4 is 17.5 Å². The van der Waals surface area contributed by atoms with Crippen molar-refractivity contribution in [1.29, 1.82) is 0 Å². The molecule has 120 valence electrons. The first-order valence-corrected chi connectivity index (χ1v) is 7.74. The van der Waals surface area contributed by atoms with Crippen LogP contribution in [0.3, 0.4) is 0 Å². The van der Waals surface area contributed by atoms with E-state index in [0.717, 1.165) is 0 Å². The van der Waals surface area contributed by atoms with E-state index in [1.807, 2.05) is 0 Å². The summed E-state index contributed by atoms with van der Waals surface area (Å²) in [4.78, 5) is 18.0. The van der Waals surface area contributed by atoms with Gasteiger partial charge in [0.1, 0.15) is 22.7 Å². The van der Waals surface area contributed by atoms with E-state index in [-0.39, 0.29) is 17.8 Å². The number of pyridine rings is 1. The summed E-state index contributed by atoms with van der Waals surface area (Å²) in [7, 11) is 0. The molecule has 2 aromatic rings. The average Bonchev–Trinajstić information content (AvgIpc) is 3.00. The third-order valence-electron chi connectivity index (χ3n) is 3.88. The molecule has 23 heavy (non-hydrogen) atoms. The van der Waals surface area contributed by atoms with Gasteiger partial charge >= 0.3 is 0 Å². The standard InChI is InChI=1S/C17H16ClFN2O2/c1-11-2-3-12(8-15(11)19)17(22)21-7-5-13(10-21)23-16-4-6-20-9-14(16)18/h2-4,6,8-9,13H,5,7,10H2,1H3/t13-/m1/s1. The summed E-state index contributed by atoms with van der Waals surface area (Å²) in [5.74, 6) is 0.00425. The Balaban J connectivity index is 1.66. The fraction of sp³-hybridized carbons (Fsp3) is 0.294. The molecule has 2 heterocycles. The van der Waals surface area contributed by atoms with E-state index in [2.05, 4.69) is 4.98 Å². The molecule has 6 heteroatoms. The number of aryl methyl sites for hydroxylation is 1. The van der Waals surface area contributed by atoms with Crippen molar-refractivity contribution in [3.8, 4) is 5.75 Å². The smallest absolute Gasteiger partial charge is 0.254 e. The maximum atomic E-state index is 13.6. The Labute approximate surface area is 138 Å². The highest BCUT2D eigenvalue weighted by Gasteiger charge is 2.29.